The summed E-state index contributed by atoms with van der Waals surface area (Å²) in [5, 5.41) is 5.08. The predicted octanol–water partition coefficient (Wildman–Crippen LogP) is 3.04. The molecule has 9 heteroatoms. The van der Waals surface area contributed by atoms with Gasteiger partial charge in [-0.25, -0.2) is 4.79 Å². The average Bonchev–Trinajstić information content (AvgIpc) is 3.15. The molecule has 178 valence electrons. The summed E-state index contributed by atoms with van der Waals surface area (Å²) in [6.07, 6.45) is 1.96. The molecule has 0 aliphatic carbocycles. The third-order valence-corrected chi connectivity index (χ3v) is 6.34. The SMILES string of the molecule is CCOC(=O)c1ccsc1NC(=O)CN1CCCN(C(=O)CCc2ccc(OC)cc2)CC1. The molecular formula is C24H31N3O5S. The smallest absolute Gasteiger partial charge is 0.341 e. The second-order valence-corrected chi connectivity index (χ2v) is 8.71. The summed E-state index contributed by atoms with van der Waals surface area (Å²) in [6.45, 7) is 4.91. The molecule has 0 radical (unpaired) electrons. The highest BCUT2D eigenvalue weighted by Crippen LogP contribution is 2.24. The van der Waals surface area contributed by atoms with Crippen LogP contribution in [0.4, 0.5) is 5.00 Å². The number of hydrogen-bond donors (Lipinski definition) is 1. The van der Waals surface area contributed by atoms with Gasteiger partial charge < -0.3 is 19.7 Å². The monoisotopic (exact) mass is 473 g/mol. The van der Waals surface area contributed by atoms with Crippen LogP contribution in [0.1, 0.15) is 35.7 Å². The fourth-order valence-corrected chi connectivity index (χ4v) is 4.52. The minimum Gasteiger partial charge on any atom is -0.497 e. The number of rotatable bonds is 9. The van der Waals surface area contributed by atoms with Gasteiger partial charge in [-0.05, 0) is 48.9 Å². The number of anilines is 1. The van der Waals surface area contributed by atoms with Gasteiger partial charge in [0.25, 0.3) is 0 Å². The number of benzene rings is 1. The number of amides is 2. The first-order valence-corrected chi connectivity index (χ1v) is 12.1. The van der Waals surface area contributed by atoms with Crippen LogP contribution in [0.15, 0.2) is 35.7 Å². The first-order valence-electron chi connectivity index (χ1n) is 11.2. The zero-order valence-electron chi connectivity index (χ0n) is 19.2. The van der Waals surface area contributed by atoms with E-state index in [0.29, 0.717) is 43.0 Å². The fraction of sp³-hybridized carbons (Fsp3) is 0.458. The highest BCUT2D eigenvalue weighted by atomic mass is 32.1. The lowest BCUT2D eigenvalue weighted by molar-refractivity contribution is -0.131. The van der Waals surface area contributed by atoms with Crippen LogP contribution in [0.3, 0.4) is 0 Å². The van der Waals surface area contributed by atoms with Crippen molar-refractivity contribution in [3.05, 3.63) is 46.8 Å². The van der Waals surface area contributed by atoms with Gasteiger partial charge in [0.05, 0.1) is 25.8 Å². The highest BCUT2D eigenvalue weighted by Gasteiger charge is 2.22. The Hall–Kier alpha value is -2.91. The maximum Gasteiger partial charge on any atom is 0.341 e. The lowest BCUT2D eigenvalue weighted by atomic mass is 10.1. The molecule has 1 aromatic carbocycles. The molecule has 0 unspecified atom stereocenters. The Bertz CT molecular complexity index is 944. The number of carbonyl (C=O) groups is 3. The van der Waals surface area contributed by atoms with Crippen LogP contribution in [-0.2, 0) is 20.7 Å². The normalized spacial score (nSPS) is 14.4. The summed E-state index contributed by atoms with van der Waals surface area (Å²) >= 11 is 1.30. The second-order valence-electron chi connectivity index (χ2n) is 7.79. The molecule has 2 aromatic rings. The van der Waals surface area contributed by atoms with Gasteiger partial charge in [-0.1, -0.05) is 12.1 Å². The van der Waals surface area contributed by atoms with Crippen molar-refractivity contribution in [3.8, 4) is 5.75 Å². The number of ether oxygens (including phenoxy) is 2. The van der Waals surface area contributed by atoms with E-state index in [4.69, 9.17) is 9.47 Å². The largest absolute Gasteiger partial charge is 0.497 e. The van der Waals surface area contributed by atoms with E-state index in [1.165, 1.54) is 11.3 Å². The molecule has 8 nitrogen and oxygen atoms in total. The quantitative estimate of drug-likeness (QED) is 0.564. The Morgan fingerprint density at radius 1 is 1.06 bits per heavy atom. The van der Waals surface area contributed by atoms with Crippen LogP contribution in [0.25, 0.3) is 0 Å². The number of thiophene rings is 1. The predicted molar refractivity (Wildman–Crippen MR) is 128 cm³/mol. The maximum absolute atomic E-state index is 12.7. The molecule has 1 aliphatic rings. The van der Waals surface area contributed by atoms with Crippen LogP contribution >= 0.6 is 11.3 Å². The molecule has 2 amide bonds. The van der Waals surface area contributed by atoms with Gasteiger partial charge >= 0.3 is 5.97 Å². The van der Waals surface area contributed by atoms with Crippen molar-refractivity contribution in [2.45, 2.75) is 26.2 Å². The third-order valence-electron chi connectivity index (χ3n) is 5.51. The van der Waals surface area contributed by atoms with E-state index in [2.05, 4.69) is 5.32 Å². The van der Waals surface area contributed by atoms with E-state index in [1.807, 2.05) is 34.1 Å². The van der Waals surface area contributed by atoms with Gasteiger partial charge in [0.15, 0.2) is 0 Å². The Balaban J connectivity index is 1.44. The number of aryl methyl sites for hydroxylation is 1. The zero-order valence-corrected chi connectivity index (χ0v) is 20.0. The van der Waals surface area contributed by atoms with Crippen molar-refractivity contribution in [1.29, 1.82) is 0 Å². The van der Waals surface area contributed by atoms with E-state index in [9.17, 15) is 14.4 Å². The van der Waals surface area contributed by atoms with E-state index < -0.39 is 5.97 Å². The molecule has 0 atom stereocenters. The van der Waals surface area contributed by atoms with Gasteiger partial charge in [-0.2, -0.15) is 0 Å². The molecule has 1 aromatic heterocycles. The number of nitrogens with one attached hydrogen (secondary N) is 1. The Kier molecular flexibility index (Phi) is 9.26. The Morgan fingerprint density at radius 3 is 2.58 bits per heavy atom. The molecule has 0 saturated carbocycles. The van der Waals surface area contributed by atoms with Crippen molar-refractivity contribution >= 4 is 34.1 Å². The third kappa shape index (κ3) is 7.30. The van der Waals surface area contributed by atoms with Crippen LogP contribution in [0, 0.1) is 0 Å². The van der Waals surface area contributed by atoms with Crippen molar-refractivity contribution in [2.24, 2.45) is 0 Å². The molecule has 2 heterocycles. The maximum atomic E-state index is 12.7. The number of methoxy groups -OCH3 is 1. The molecule has 0 bridgehead atoms. The summed E-state index contributed by atoms with van der Waals surface area (Å²) in [7, 11) is 1.63. The minimum atomic E-state index is -0.437. The summed E-state index contributed by atoms with van der Waals surface area (Å²) in [4.78, 5) is 41.2. The zero-order chi connectivity index (χ0) is 23.6. The van der Waals surface area contributed by atoms with Crippen molar-refractivity contribution in [2.75, 3.05) is 51.8 Å². The van der Waals surface area contributed by atoms with E-state index in [0.717, 1.165) is 24.3 Å². The standard InChI is InChI=1S/C24H31N3O5S/c1-3-32-24(30)20-11-16-33-23(20)25-21(28)17-26-12-4-13-27(15-14-26)22(29)10-7-18-5-8-19(31-2)9-6-18/h5-6,8-9,11,16H,3-4,7,10,12-15,17H2,1-2H3,(H,25,28). The fourth-order valence-electron chi connectivity index (χ4n) is 3.72. The van der Waals surface area contributed by atoms with Crippen molar-refractivity contribution in [1.82, 2.24) is 9.80 Å². The van der Waals surface area contributed by atoms with Crippen LogP contribution in [0.5, 0.6) is 5.75 Å². The average molecular weight is 474 g/mol. The first-order chi connectivity index (χ1) is 16.0. The van der Waals surface area contributed by atoms with Gasteiger partial charge in [-0.15, -0.1) is 11.3 Å². The molecule has 1 saturated heterocycles. The van der Waals surface area contributed by atoms with Crippen LogP contribution in [-0.4, -0.2) is 74.0 Å². The van der Waals surface area contributed by atoms with Gasteiger partial charge in [0.1, 0.15) is 10.8 Å². The Labute approximate surface area is 198 Å². The number of carbonyl (C=O) groups excluding carboxylic acids is 3. The summed E-state index contributed by atoms with van der Waals surface area (Å²) in [5.41, 5.74) is 1.48. The van der Waals surface area contributed by atoms with Crippen molar-refractivity contribution < 1.29 is 23.9 Å². The number of hydrogen-bond acceptors (Lipinski definition) is 7. The molecule has 0 spiro atoms. The molecule has 3 rings (SSSR count). The summed E-state index contributed by atoms with van der Waals surface area (Å²) < 4.78 is 10.2. The summed E-state index contributed by atoms with van der Waals surface area (Å²) in [6, 6.07) is 9.42. The minimum absolute atomic E-state index is 0.134. The lowest BCUT2D eigenvalue weighted by Crippen LogP contribution is -2.38. The van der Waals surface area contributed by atoms with Gasteiger partial charge in [-0.3, -0.25) is 14.5 Å². The first kappa shape index (κ1) is 24.7. The molecule has 1 fully saturated rings. The highest BCUT2D eigenvalue weighted by molar-refractivity contribution is 7.14. The van der Waals surface area contributed by atoms with E-state index in [-0.39, 0.29) is 25.0 Å². The topological polar surface area (TPSA) is 88.2 Å². The Morgan fingerprint density at radius 2 is 1.85 bits per heavy atom. The van der Waals surface area contributed by atoms with Gasteiger partial charge in [0, 0.05) is 32.6 Å². The molecule has 1 N–H and O–H groups in total. The van der Waals surface area contributed by atoms with Crippen molar-refractivity contribution in [3.63, 3.8) is 0 Å². The van der Waals surface area contributed by atoms with E-state index in [1.54, 1.807) is 25.5 Å². The number of nitrogens with zero attached hydrogens (tertiary/aromatic N) is 2. The molecule has 33 heavy (non-hydrogen) atoms. The second kappa shape index (κ2) is 12.4. The number of esters is 1. The van der Waals surface area contributed by atoms with E-state index >= 15 is 0 Å². The summed E-state index contributed by atoms with van der Waals surface area (Å²) in [5.74, 6) is 0.322. The van der Waals surface area contributed by atoms with Crippen LogP contribution < -0.4 is 10.1 Å². The molecular weight excluding hydrogens is 442 g/mol. The molecule has 1 aliphatic heterocycles. The van der Waals surface area contributed by atoms with Gasteiger partial charge in [0.2, 0.25) is 11.8 Å². The van der Waals surface area contributed by atoms with Crippen LogP contribution in [0.2, 0.25) is 0 Å². The lowest BCUT2D eigenvalue weighted by Gasteiger charge is -2.22.